The molecule has 3 rings (SSSR count). The Morgan fingerprint density at radius 2 is 1.59 bits per heavy atom. The zero-order chi connectivity index (χ0) is 19.2. The SMILES string of the molecule is CCc1ccc(Nc2cnc(C(=O)Nc3ccc(C(C)C)cc3)cn2)cc1. The lowest BCUT2D eigenvalue weighted by Crippen LogP contribution is -2.14. The van der Waals surface area contributed by atoms with Gasteiger partial charge in [-0.15, -0.1) is 0 Å². The Bertz CT molecular complexity index is 885. The number of anilines is 3. The maximum absolute atomic E-state index is 12.3. The van der Waals surface area contributed by atoms with Gasteiger partial charge in [-0.25, -0.2) is 9.97 Å². The number of rotatable bonds is 6. The van der Waals surface area contributed by atoms with E-state index in [1.165, 1.54) is 17.3 Å². The Morgan fingerprint density at radius 1 is 0.926 bits per heavy atom. The summed E-state index contributed by atoms with van der Waals surface area (Å²) in [6.07, 6.45) is 4.04. The van der Waals surface area contributed by atoms with E-state index in [1.807, 2.05) is 36.4 Å². The van der Waals surface area contributed by atoms with Gasteiger partial charge in [0.25, 0.3) is 5.91 Å². The van der Waals surface area contributed by atoms with Gasteiger partial charge in [0.1, 0.15) is 11.5 Å². The summed E-state index contributed by atoms with van der Waals surface area (Å²) in [7, 11) is 0. The summed E-state index contributed by atoms with van der Waals surface area (Å²) in [4.78, 5) is 20.8. The minimum absolute atomic E-state index is 0.273. The Morgan fingerprint density at radius 3 is 2.15 bits per heavy atom. The molecule has 0 fully saturated rings. The fourth-order valence-electron chi connectivity index (χ4n) is 2.63. The van der Waals surface area contributed by atoms with Crippen LogP contribution in [0.3, 0.4) is 0 Å². The van der Waals surface area contributed by atoms with Crippen molar-refractivity contribution in [1.82, 2.24) is 9.97 Å². The summed E-state index contributed by atoms with van der Waals surface area (Å²) in [5.41, 5.74) is 4.46. The molecule has 5 heteroatoms. The zero-order valence-corrected chi connectivity index (χ0v) is 15.9. The molecule has 0 saturated heterocycles. The first kappa shape index (κ1) is 18.6. The van der Waals surface area contributed by atoms with Gasteiger partial charge in [0.2, 0.25) is 0 Å². The second-order valence-corrected chi connectivity index (χ2v) is 6.69. The van der Waals surface area contributed by atoms with Gasteiger partial charge in [-0.3, -0.25) is 4.79 Å². The lowest BCUT2D eigenvalue weighted by molar-refractivity contribution is 0.102. The molecule has 0 aliphatic heterocycles. The van der Waals surface area contributed by atoms with Crippen molar-refractivity contribution in [2.75, 3.05) is 10.6 Å². The van der Waals surface area contributed by atoms with Gasteiger partial charge < -0.3 is 10.6 Å². The number of aromatic nitrogens is 2. The lowest BCUT2D eigenvalue weighted by atomic mass is 10.0. The predicted molar refractivity (Wildman–Crippen MR) is 110 cm³/mol. The average Bonchev–Trinajstić information content (AvgIpc) is 2.69. The van der Waals surface area contributed by atoms with E-state index in [-0.39, 0.29) is 11.6 Å². The van der Waals surface area contributed by atoms with E-state index in [4.69, 9.17) is 0 Å². The highest BCUT2D eigenvalue weighted by Gasteiger charge is 2.09. The number of benzene rings is 2. The normalized spacial score (nSPS) is 10.7. The van der Waals surface area contributed by atoms with E-state index in [0.717, 1.165) is 17.8 Å². The molecule has 0 atom stereocenters. The van der Waals surface area contributed by atoms with Crippen LogP contribution in [0.15, 0.2) is 60.9 Å². The van der Waals surface area contributed by atoms with E-state index in [2.05, 4.69) is 53.5 Å². The van der Waals surface area contributed by atoms with Crippen LogP contribution in [-0.2, 0) is 6.42 Å². The van der Waals surface area contributed by atoms with Crippen LogP contribution in [-0.4, -0.2) is 15.9 Å². The third-order valence-electron chi connectivity index (χ3n) is 4.35. The Hall–Kier alpha value is -3.21. The molecule has 0 saturated carbocycles. The van der Waals surface area contributed by atoms with Crippen LogP contribution in [0.2, 0.25) is 0 Å². The van der Waals surface area contributed by atoms with Gasteiger partial charge in [0.15, 0.2) is 0 Å². The molecule has 0 aliphatic carbocycles. The number of carbonyl (C=O) groups excluding carboxylic acids is 1. The summed E-state index contributed by atoms with van der Waals surface area (Å²) >= 11 is 0. The molecule has 0 radical (unpaired) electrons. The fourth-order valence-corrected chi connectivity index (χ4v) is 2.63. The molecule has 0 aliphatic rings. The molecule has 138 valence electrons. The van der Waals surface area contributed by atoms with Gasteiger partial charge in [-0.1, -0.05) is 45.0 Å². The summed E-state index contributed by atoms with van der Waals surface area (Å²) in [5.74, 6) is 0.773. The largest absolute Gasteiger partial charge is 0.339 e. The maximum Gasteiger partial charge on any atom is 0.275 e. The van der Waals surface area contributed by atoms with E-state index < -0.39 is 0 Å². The van der Waals surface area contributed by atoms with Gasteiger partial charge in [-0.2, -0.15) is 0 Å². The number of aryl methyl sites for hydroxylation is 1. The maximum atomic E-state index is 12.3. The van der Waals surface area contributed by atoms with Crippen LogP contribution >= 0.6 is 0 Å². The molecule has 1 heterocycles. The monoisotopic (exact) mass is 360 g/mol. The smallest absolute Gasteiger partial charge is 0.275 e. The highest BCUT2D eigenvalue weighted by Crippen LogP contribution is 2.18. The van der Waals surface area contributed by atoms with Crippen LogP contribution < -0.4 is 10.6 Å². The highest BCUT2D eigenvalue weighted by molar-refractivity contribution is 6.02. The number of hydrogen-bond acceptors (Lipinski definition) is 4. The van der Waals surface area contributed by atoms with Crippen LogP contribution in [0, 0.1) is 0 Å². The van der Waals surface area contributed by atoms with Crippen LogP contribution in [0.25, 0.3) is 0 Å². The first-order valence-electron chi connectivity index (χ1n) is 9.14. The van der Waals surface area contributed by atoms with Gasteiger partial charge in [0.05, 0.1) is 12.4 Å². The predicted octanol–water partition coefficient (Wildman–Crippen LogP) is 5.16. The van der Waals surface area contributed by atoms with Crippen LogP contribution in [0.4, 0.5) is 17.2 Å². The van der Waals surface area contributed by atoms with E-state index >= 15 is 0 Å². The third-order valence-corrected chi connectivity index (χ3v) is 4.35. The molecule has 3 aromatic rings. The van der Waals surface area contributed by atoms with Crippen molar-refractivity contribution in [3.63, 3.8) is 0 Å². The molecular formula is C22H24N4O. The summed E-state index contributed by atoms with van der Waals surface area (Å²) < 4.78 is 0. The Balaban J connectivity index is 1.62. The second-order valence-electron chi connectivity index (χ2n) is 6.69. The second kappa shape index (κ2) is 8.45. The van der Waals surface area contributed by atoms with Gasteiger partial charge in [0, 0.05) is 11.4 Å². The fraction of sp³-hybridized carbons (Fsp3) is 0.227. The minimum atomic E-state index is -0.279. The number of nitrogens with one attached hydrogen (secondary N) is 2. The molecule has 27 heavy (non-hydrogen) atoms. The Labute approximate surface area is 159 Å². The molecule has 0 spiro atoms. The first-order valence-corrected chi connectivity index (χ1v) is 9.14. The molecule has 1 aromatic heterocycles. The quantitative estimate of drug-likeness (QED) is 0.637. The van der Waals surface area contributed by atoms with E-state index in [9.17, 15) is 4.79 Å². The number of hydrogen-bond donors (Lipinski definition) is 2. The van der Waals surface area contributed by atoms with E-state index in [1.54, 1.807) is 6.20 Å². The lowest BCUT2D eigenvalue weighted by Gasteiger charge is -2.09. The summed E-state index contributed by atoms with van der Waals surface area (Å²) in [6, 6.07) is 16.0. The van der Waals surface area contributed by atoms with Crippen molar-refractivity contribution in [1.29, 1.82) is 0 Å². The molecule has 1 amide bonds. The molecule has 0 bridgehead atoms. The van der Waals surface area contributed by atoms with E-state index in [0.29, 0.717) is 11.7 Å². The summed E-state index contributed by atoms with van der Waals surface area (Å²) in [5, 5.41) is 6.03. The highest BCUT2D eigenvalue weighted by atomic mass is 16.1. The van der Waals surface area contributed by atoms with Crippen molar-refractivity contribution in [3.8, 4) is 0 Å². The van der Waals surface area contributed by atoms with Gasteiger partial charge >= 0.3 is 0 Å². The van der Waals surface area contributed by atoms with Crippen molar-refractivity contribution < 1.29 is 4.79 Å². The topological polar surface area (TPSA) is 66.9 Å². The molecular weight excluding hydrogens is 336 g/mol. The van der Waals surface area contributed by atoms with Crippen LogP contribution in [0.1, 0.15) is 48.3 Å². The standard InChI is InChI=1S/C22H24N4O/c1-4-16-5-9-18(10-6-16)25-21-14-23-20(13-24-21)22(27)26-19-11-7-17(8-12-19)15(2)3/h5-15H,4H2,1-3H3,(H,24,25)(H,26,27). The third kappa shape index (κ3) is 4.91. The number of amides is 1. The van der Waals surface area contributed by atoms with Crippen molar-refractivity contribution in [2.45, 2.75) is 33.1 Å². The minimum Gasteiger partial charge on any atom is -0.339 e. The molecule has 5 nitrogen and oxygen atoms in total. The van der Waals surface area contributed by atoms with Crippen LogP contribution in [0.5, 0.6) is 0 Å². The van der Waals surface area contributed by atoms with Crippen molar-refractivity contribution in [3.05, 3.63) is 77.7 Å². The molecule has 2 N–H and O–H groups in total. The molecule has 2 aromatic carbocycles. The zero-order valence-electron chi connectivity index (χ0n) is 15.9. The summed E-state index contributed by atoms with van der Waals surface area (Å²) in [6.45, 7) is 6.39. The van der Waals surface area contributed by atoms with Crippen molar-refractivity contribution >= 4 is 23.1 Å². The molecule has 0 unspecified atom stereocenters. The first-order chi connectivity index (χ1) is 13.0. The van der Waals surface area contributed by atoms with Gasteiger partial charge in [-0.05, 0) is 47.7 Å². The van der Waals surface area contributed by atoms with Crippen molar-refractivity contribution in [2.24, 2.45) is 0 Å². The number of carbonyl (C=O) groups is 1. The Kier molecular flexibility index (Phi) is 5.81. The average molecular weight is 360 g/mol. The number of nitrogens with zero attached hydrogens (tertiary/aromatic N) is 2.